The predicted octanol–water partition coefficient (Wildman–Crippen LogP) is 4.15. The number of amides is 3. The Morgan fingerprint density at radius 2 is 1.67 bits per heavy atom. The maximum atomic E-state index is 12.2. The van der Waals surface area contributed by atoms with E-state index in [4.69, 9.17) is 5.73 Å². The summed E-state index contributed by atoms with van der Waals surface area (Å²) in [6, 6.07) is 8.83. The minimum absolute atomic E-state index is 0.363. The van der Waals surface area contributed by atoms with Crippen LogP contribution in [-0.2, 0) is 12.8 Å². The molecule has 0 spiro atoms. The molecule has 1 aliphatic rings. The molecule has 0 radical (unpaired) electrons. The Balaban J connectivity index is 1.83. The summed E-state index contributed by atoms with van der Waals surface area (Å²) >= 11 is 1.48. The molecule has 0 atom stereocenters. The molecule has 2 aromatic rings. The lowest BCUT2D eigenvalue weighted by Gasteiger charge is -2.10. The SMILES string of the molecule is NC(=O)c1c(NC(=O)Nc2ccccc2)sc2c1CCCCCC2. The van der Waals surface area contributed by atoms with E-state index in [1.54, 1.807) is 0 Å². The second-order valence-electron chi connectivity index (χ2n) is 5.93. The number of aryl methyl sites for hydroxylation is 1. The molecule has 1 aromatic heterocycles. The third-order valence-electron chi connectivity index (χ3n) is 4.18. The van der Waals surface area contributed by atoms with Crippen molar-refractivity contribution in [2.75, 3.05) is 10.6 Å². The number of rotatable bonds is 3. The maximum Gasteiger partial charge on any atom is 0.324 e. The summed E-state index contributed by atoms with van der Waals surface area (Å²) in [7, 11) is 0. The number of primary amides is 1. The van der Waals surface area contributed by atoms with Crippen molar-refractivity contribution < 1.29 is 9.59 Å². The highest BCUT2D eigenvalue weighted by atomic mass is 32.1. The zero-order valence-corrected chi connectivity index (χ0v) is 14.2. The molecular formula is C18H21N3O2S. The summed E-state index contributed by atoms with van der Waals surface area (Å²) in [6.07, 6.45) is 6.35. The first kappa shape index (κ1) is 16.5. The molecule has 0 saturated carbocycles. The van der Waals surface area contributed by atoms with Crippen molar-refractivity contribution in [3.8, 4) is 0 Å². The number of carbonyl (C=O) groups is 2. The predicted molar refractivity (Wildman–Crippen MR) is 97.8 cm³/mol. The van der Waals surface area contributed by atoms with Gasteiger partial charge in [-0.15, -0.1) is 11.3 Å². The van der Waals surface area contributed by atoms with Crippen LogP contribution < -0.4 is 16.4 Å². The molecule has 0 aliphatic heterocycles. The van der Waals surface area contributed by atoms with Crippen LogP contribution in [0.25, 0.3) is 0 Å². The normalized spacial score (nSPS) is 14.2. The van der Waals surface area contributed by atoms with Crippen LogP contribution in [0.5, 0.6) is 0 Å². The minimum Gasteiger partial charge on any atom is -0.365 e. The molecule has 0 fully saturated rings. The highest BCUT2D eigenvalue weighted by molar-refractivity contribution is 7.17. The Labute approximate surface area is 145 Å². The number of thiophene rings is 1. The number of para-hydroxylation sites is 1. The second kappa shape index (κ2) is 7.49. The standard InChI is InChI=1S/C18H21N3O2S/c19-16(22)15-13-10-6-1-2-7-11-14(13)24-17(15)21-18(23)20-12-8-4-3-5-9-12/h3-5,8-9H,1-2,6-7,10-11H2,(H2,19,22)(H2,20,21,23). The van der Waals surface area contributed by atoms with Crippen molar-refractivity contribution in [1.29, 1.82) is 0 Å². The lowest BCUT2D eigenvalue weighted by molar-refractivity contribution is 0.100. The van der Waals surface area contributed by atoms with Crippen LogP contribution in [0.3, 0.4) is 0 Å². The van der Waals surface area contributed by atoms with E-state index in [0.29, 0.717) is 16.3 Å². The number of hydrogen-bond acceptors (Lipinski definition) is 3. The van der Waals surface area contributed by atoms with Gasteiger partial charge in [0.05, 0.1) is 5.56 Å². The molecule has 0 bridgehead atoms. The molecule has 1 aliphatic carbocycles. The zero-order valence-electron chi connectivity index (χ0n) is 13.4. The Kier molecular flexibility index (Phi) is 5.15. The van der Waals surface area contributed by atoms with E-state index in [1.807, 2.05) is 30.3 Å². The summed E-state index contributed by atoms with van der Waals surface area (Å²) in [5.41, 5.74) is 7.81. The fourth-order valence-electron chi connectivity index (χ4n) is 3.06. The first-order valence-corrected chi connectivity index (χ1v) is 9.04. The molecule has 1 aromatic carbocycles. The molecule has 0 unspecified atom stereocenters. The van der Waals surface area contributed by atoms with Crippen LogP contribution in [0, 0.1) is 0 Å². The third-order valence-corrected chi connectivity index (χ3v) is 5.38. The van der Waals surface area contributed by atoms with Gasteiger partial charge in [-0.25, -0.2) is 4.79 Å². The van der Waals surface area contributed by atoms with Crippen molar-refractivity contribution in [2.24, 2.45) is 5.73 Å². The van der Waals surface area contributed by atoms with Crippen molar-refractivity contribution >= 4 is 34.0 Å². The molecule has 126 valence electrons. The highest BCUT2D eigenvalue weighted by Gasteiger charge is 2.23. The van der Waals surface area contributed by atoms with E-state index >= 15 is 0 Å². The van der Waals surface area contributed by atoms with E-state index in [2.05, 4.69) is 10.6 Å². The molecule has 5 nitrogen and oxygen atoms in total. The fraction of sp³-hybridized carbons (Fsp3) is 0.333. The Morgan fingerprint density at radius 3 is 2.38 bits per heavy atom. The lowest BCUT2D eigenvalue weighted by atomic mass is 9.96. The minimum atomic E-state index is -0.469. The van der Waals surface area contributed by atoms with Gasteiger partial charge in [0.2, 0.25) is 0 Å². The Hall–Kier alpha value is -2.34. The smallest absolute Gasteiger partial charge is 0.324 e. The average Bonchev–Trinajstić information content (AvgIpc) is 2.85. The Bertz CT molecular complexity index is 740. The van der Waals surface area contributed by atoms with Gasteiger partial charge in [0.1, 0.15) is 5.00 Å². The fourth-order valence-corrected chi connectivity index (χ4v) is 4.34. The first-order chi connectivity index (χ1) is 11.6. The molecule has 3 amide bonds. The van der Waals surface area contributed by atoms with Gasteiger partial charge in [-0.1, -0.05) is 31.0 Å². The van der Waals surface area contributed by atoms with Crippen molar-refractivity contribution in [3.05, 3.63) is 46.3 Å². The largest absolute Gasteiger partial charge is 0.365 e. The number of nitrogens with two attached hydrogens (primary N) is 1. The zero-order chi connectivity index (χ0) is 16.9. The van der Waals surface area contributed by atoms with E-state index < -0.39 is 5.91 Å². The lowest BCUT2D eigenvalue weighted by Crippen LogP contribution is -2.22. The second-order valence-corrected chi connectivity index (χ2v) is 7.04. The molecule has 4 N–H and O–H groups in total. The van der Waals surface area contributed by atoms with Gasteiger partial charge in [-0.3, -0.25) is 10.1 Å². The van der Waals surface area contributed by atoms with Gasteiger partial charge >= 0.3 is 6.03 Å². The molecule has 3 rings (SSSR count). The van der Waals surface area contributed by atoms with Gasteiger partial charge in [0.25, 0.3) is 5.91 Å². The summed E-state index contributed by atoms with van der Waals surface area (Å²) in [5, 5.41) is 6.13. The van der Waals surface area contributed by atoms with Crippen molar-refractivity contribution in [3.63, 3.8) is 0 Å². The monoisotopic (exact) mass is 343 g/mol. The summed E-state index contributed by atoms with van der Waals surface area (Å²) < 4.78 is 0. The van der Waals surface area contributed by atoms with Gasteiger partial charge in [0.15, 0.2) is 0 Å². The summed E-state index contributed by atoms with van der Waals surface area (Å²) in [4.78, 5) is 25.4. The van der Waals surface area contributed by atoms with Crippen molar-refractivity contribution in [2.45, 2.75) is 38.5 Å². The number of benzene rings is 1. The highest BCUT2D eigenvalue weighted by Crippen LogP contribution is 2.36. The topological polar surface area (TPSA) is 84.2 Å². The van der Waals surface area contributed by atoms with Gasteiger partial charge < -0.3 is 11.1 Å². The number of carbonyl (C=O) groups excluding carboxylic acids is 2. The molecule has 1 heterocycles. The average molecular weight is 343 g/mol. The number of urea groups is 1. The third kappa shape index (κ3) is 3.76. The van der Waals surface area contributed by atoms with Crippen LogP contribution in [0.15, 0.2) is 30.3 Å². The summed E-state index contributed by atoms with van der Waals surface area (Å²) in [5.74, 6) is -0.469. The molecule has 6 heteroatoms. The van der Waals surface area contributed by atoms with Gasteiger partial charge in [-0.05, 0) is 43.4 Å². The Morgan fingerprint density at radius 1 is 0.958 bits per heavy atom. The van der Waals surface area contributed by atoms with E-state index in [9.17, 15) is 9.59 Å². The van der Waals surface area contributed by atoms with Gasteiger partial charge in [-0.2, -0.15) is 0 Å². The van der Waals surface area contributed by atoms with E-state index in [1.165, 1.54) is 29.1 Å². The van der Waals surface area contributed by atoms with E-state index in [0.717, 1.165) is 31.2 Å². The number of hydrogen-bond donors (Lipinski definition) is 3. The molecule has 0 saturated heterocycles. The van der Waals surface area contributed by atoms with Crippen LogP contribution >= 0.6 is 11.3 Å². The first-order valence-electron chi connectivity index (χ1n) is 8.22. The van der Waals surface area contributed by atoms with Gasteiger partial charge in [0, 0.05) is 10.6 Å². The number of nitrogens with one attached hydrogen (secondary N) is 2. The van der Waals surface area contributed by atoms with Crippen LogP contribution in [0.1, 0.15) is 46.5 Å². The molecule has 24 heavy (non-hydrogen) atoms. The number of anilines is 2. The van der Waals surface area contributed by atoms with Crippen LogP contribution in [0.2, 0.25) is 0 Å². The maximum absolute atomic E-state index is 12.2. The van der Waals surface area contributed by atoms with Crippen molar-refractivity contribution in [1.82, 2.24) is 0 Å². The summed E-state index contributed by atoms with van der Waals surface area (Å²) in [6.45, 7) is 0. The van der Waals surface area contributed by atoms with Crippen LogP contribution in [0.4, 0.5) is 15.5 Å². The van der Waals surface area contributed by atoms with E-state index in [-0.39, 0.29) is 6.03 Å². The molecular weight excluding hydrogens is 322 g/mol. The van der Waals surface area contributed by atoms with Crippen LogP contribution in [-0.4, -0.2) is 11.9 Å². The number of fused-ring (bicyclic) bond motifs is 1. The quantitative estimate of drug-likeness (QED) is 0.782.